The van der Waals surface area contributed by atoms with Crippen molar-refractivity contribution >= 4 is 11.7 Å². The van der Waals surface area contributed by atoms with Crippen molar-refractivity contribution in [2.45, 2.75) is 70.6 Å². The summed E-state index contributed by atoms with van der Waals surface area (Å²) in [5.41, 5.74) is 4.15. The second-order valence-corrected chi connectivity index (χ2v) is 11.9. The van der Waals surface area contributed by atoms with Crippen LogP contribution in [0.5, 0.6) is 0 Å². The van der Waals surface area contributed by atoms with Gasteiger partial charge in [0.1, 0.15) is 23.3 Å². The van der Waals surface area contributed by atoms with Gasteiger partial charge in [-0.05, 0) is 63.0 Å². The molecule has 10 heteroatoms. The number of aromatic nitrogens is 5. The lowest BCUT2D eigenvalue weighted by atomic mass is 9.73. The van der Waals surface area contributed by atoms with Crippen LogP contribution >= 0.6 is 0 Å². The number of aliphatic hydroxyl groups excluding tert-OH is 1. The summed E-state index contributed by atoms with van der Waals surface area (Å²) in [6, 6.07) is 15.8. The molecule has 1 fully saturated rings. The third-order valence-corrected chi connectivity index (χ3v) is 8.62. The number of carbonyl (C=O) groups excluding carboxylic acids is 1. The Morgan fingerprint density at radius 1 is 1.05 bits per heavy atom. The topological polar surface area (TPSA) is 142 Å². The number of nitrogens with zero attached hydrogens (tertiary/aromatic N) is 6. The number of aliphatic hydroxyl groups is 1. The number of hydrogen-bond acceptors (Lipinski definition) is 8. The Kier molecular flexibility index (Phi) is 9.97. The zero-order valence-corrected chi connectivity index (χ0v) is 25.5. The molecule has 3 atom stereocenters. The SMILES string of the molecule is CC(O)C(C)Nc1nc(C[C@H]2CC[C@H](C(C(=O)NCc3ccccc3)c3ccc(-c4cnn(C)c4)cn3)CC2)ncc1C#N. The van der Waals surface area contributed by atoms with Crippen molar-refractivity contribution in [3.63, 3.8) is 0 Å². The molecule has 5 rings (SSSR count). The number of anilines is 1. The van der Waals surface area contributed by atoms with Gasteiger partial charge in [-0.2, -0.15) is 10.4 Å². The molecule has 1 amide bonds. The van der Waals surface area contributed by atoms with E-state index in [1.165, 1.54) is 0 Å². The smallest absolute Gasteiger partial charge is 0.229 e. The minimum atomic E-state index is -0.589. The van der Waals surface area contributed by atoms with E-state index in [4.69, 9.17) is 4.98 Å². The van der Waals surface area contributed by atoms with Gasteiger partial charge in [0.15, 0.2) is 0 Å². The van der Waals surface area contributed by atoms with E-state index in [1.807, 2.05) is 75.0 Å². The number of carbonyl (C=O) groups is 1. The van der Waals surface area contributed by atoms with Gasteiger partial charge >= 0.3 is 0 Å². The van der Waals surface area contributed by atoms with Gasteiger partial charge in [-0.1, -0.05) is 36.4 Å². The molecule has 0 aliphatic heterocycles. The van der Waals surface area contributed by atoms with Crippen molar-refractivity contribution in [2.24, 2.45) is 18.9 Å². The Morgan fingerprint density at radius 3 is 2.45 bits per heavy atom. The largest absolute Gasteiger partial charge is 0.391 e. The molecule has 3 aromatic heterocycles. The summed E-state index contributed by atoms with van der Waals surface area (Å²) >= 11 is 0. The highest BCUT2D eigenvalue weighted by molar-refractivity contribution is 5.83. The number of nitriles is 1. The van der Waals surface area contributed by atoms with E-state index < -0.39 is 6.10 Å². The van der Waals surface area contributed by atoms with Gasteiger partial charge in [-0.25, -0.2) is 9.97 Å². The van der Waals surface area contributed by atoms with Crippen LogP contribution in [0.25, 0.3) is 11.1 Å². The first-order valence-corrected chi connectivity index (χ1v) is 15.3. The molecule has 0 radical (unpaired) electrons. The van der Waals surface area contributed by atoms with Gasteiger partial charge in [-0.3, -0.25) is 14.5 Å². The predicted octanol–water partition coefficient (Wildman–Crippen LogP) is 4.77. The Hall–Kier alpha value is -4.62. The number of nitrogens with one attached hydrogen (secondary N) is 2. The number of pyridine rings is 1. The standard InChI is InChI=1S/C34H40N8O2/c1-22(23(2)43)40-33-28(16-35)19-37-31(41-33)15-24-9-11-26(12-10-24)32(34(44)38-17-25-7-5-4-6-8-25)30-14-13-27(18-36-30)29-20-39-42(3)21-29/h4-8,13-14,18-24,26,32,43H,9-12,15,17H2,1-3H3,(H,38,44)(H,37,40,41)/t22?,23?,24-,26-,32?. The van der Waals surface area contributed by atoms with Gasteiger partial charge < -0.3 is 15.7 Å². The number of benzene rings is 1. The molecule has 228 valence electrons. The van der Waals surface area contributed by atoms with Gasteiger partial charge in [0.2, 0.25) is 5.91 Å². The molecule has 1 saturated carbocycles. The summed E-state index contributed by atoms with van der Waals surface area (Å²) in [7, 11) is 1.89. The van der Waals surface area contributed by atoms with Crippen molar-refractivity contribution in [1.82, 2.24) is 30.0 Å². The van der Waals surface area contributed by atoms with E-state index >= 15 is 0 Å². The van der Waals surface area contributed by atoms with E-state index in [0.717, 1.165) is 48.1 Å². The highest BCUT2D eigenvalue weighted by Crippen LogP contribution is 2.39. The minimum absolute atomic E-state index is 0.00250. The van der Waals surface area contributed by atoms with E-state index in [2.05, 4.69) is 31.8 Å². The molecular weight excluding hydrogens is 552 g/mol. The Balaban J connectivity index is 1.28. The summed E-state index contributed by atoms with van der Waals surface area (Å²) in [5, 5.41) is 30.0. The lowest BCUT2D eigenvalue weighted by Gasteiger charge is -2.33. The van der Waals surface area contributed by atoms with E-state index in [-0.39, 0.29) is 23.8 Å². The quantitative estimate of drug-likeness (QED) is 0.226. The third kappa shape index (κ3) is 7.66. The number of rotatable bonds is 11. The fraction of sp³-hybridized carbons (Fsp3) is 0.412. The molecule has 0 saturated heterocycles. The summed E-state index contributed by atoms with van der Waals surface area (Å²) in [5.74, 6) is 1.30. The Labute approximate surface area is 258 Å². The predicted molar refractivity (Wildman–Crippen MR) is 168 cm³/mol. The molecule has 0 bridgehead atoms. The van der Waals surface area contributed by atoms with Crippen LogP contribution < -0.4 is 10.6 Å². The third-order valence-electron chi connectivity index (χ3n) is 8.62. The van der Waals surface area contributed by atoms with Crippen molar-refractivity contribution in [2.75, 3.05) is 5.32 Å². The van der Waals surface area contributed by atoms with E-state index in [9.17, 15) is 15.2 Å². The van der Waals surface area contributed by atoms with Crippen molar-refractivity contribution in [3.05, 3.63) is 89.9 Å². The molecule has 3 heterocycles. The first kappa shape index (κ1) is 30.8. The van der Waals surface area contributed by atoms with Crippen molar-refractivity contribution in [3.8, 4) is 17.2 Å². The Bertz CT molecular complexity index is 1570. The fourth-order valence-corrected chi connectivity index (χ4v) is 5.84. The van der Waals surface area contributed by atoms with Crippen LogP contribution in [0.15, 0.2) is 67.3 Å². The van der Waals surface area contributed by atoms with Gasteiger partial charge in [0.05, 0.1) is 36.2 Å². The average Bonchev–Trinajstić information content (AvgIpc) is 3.48. The highest BCUT2D eigenvalue weighted by Gasteiger charge is 2.34. The highest BCUT2D eigenvalue weighted by atomic mass is 16.3. The molecular formula is C34H40N8O2. The summed E-state index contributed by atoms with van der Waals surface area (Å²) in [6.45, 7) is 4.02. The fourth-order valence-electron chi connectivity index (χ4n) is 5.84. The molecule has 3 N–H and O–H groups in total. The van der Waals surface area contributed by atoms with Crippen LogP contribution in [-0.4, -0.2) is 47.9 Å². The first-order chi connectivity index (χ1) is 21.3. The van der Waals surface area contributed by atoms with Crippen molar-refractivity contribution in [1.29, 1.82) is 5.26 Å². The van der Waals surface area contributed by atoms with Crippen LogP contribution in [0, 0.1) is 23.2 Å². The molecule has 44 heavy (non-hydrogen) atoms. The number of amides is 1. The summed E-state index contributed by atoms with van der Waals surface area (Å²) in [4.78, 5) is 27.6. The van der Waals surface area contributed by atoms with E-state index in [1.54, 1.807) is 17.8 Å². The lowest BCUT2D eigenvalue weighted by molar-refractivity contribution is -0.124. The van der Waals surface area contributed by atoms with Crippen LogP contribution in [0.4, 0.5) is 5.82 Å². The molecule has 1 aliphatic rings. The maximum absolute atomic E-state index is 13.7. The van der Waals surface area contributed by atoms with Gasteiger partial charge in [-0.15, -0.1) is 0 Å². The van der Waals surface area contributed by atoms with Crippen LogP contribution in [0.3, 0.4) is 0 Å². The van der Waals surface area contributed by atoms with E-state index in [0.29, 0.717) is 36.1 Å². The monoisotopic (exact) mass is 592 g/mol. The molecule has 1 aliphatic carbocycles. The molecule has 3 unspecified atom stereocenters. The second kappa shape index (κ2) is 14.2. The Morgan fingerprint density at radius 2 is 1.82 bits per heavy atom. The first-order valence-electron chi connectivity index (χ1n) is 15.3. The summed E-state index contributed by atoms with van der Waals surface area (Å²) in [6.07, 6.45) is 10.9. The van der Waals surface area contributed by atoms with Crippen molar-refractivity contribution < 1.29 is 9.90 Å². The van der Waals surface area contributed by atoms with Crippen LogP contribution in [0.1, 0.15) is 68.1 Å². The lowest BCUT2D eigenvalue weighted by Crippen LogP contribution is -2.35. The minimum Gasteiger partial charge on any atom is -0.391 e. The normalized spacial score (nSPS) is 18.5. The zero-order valence-electron chi connectivity index (χ0n) is 25.5. The number of aryl methyl sites for hydroxylation is 1. The van der Waals surface area contributed by atoms with Gasteiger partial charge in [0.25, 0.3) is 0 Å². The van der Waals surface area contributed by atoms with Gasteiger partial charge in [0, 0.05) is 43.5 Å². The maximum atomic E-state index is 13.7. The average molecular weight is 593 g/mol. The molecule has 1 aromatic carbocycles. The van der Waals surface area contributed by atoms with Crippen LogP contribution in [-0.2, 0) is 24.8 Å². The molecule has 4 aromatic rings. The molecule has 10 nitrogen and oxygen atoms in total. The summed E-state index contributed by atoms with van der Waals surface area (Å²) < 4.78 is 1.76. The maximum Gasteiger partial charge on any atom is 0.229 e. The second-order valence-electron chi connectivity index (χ2n) is 11.9. The zero-order chi connectivity index (χ0) is 31.1. The van der Waals surface area contributed by atoms with Crippen LogP contribution in [0.2, 0.25) is 0 Å². The molecule has 0 spiro atoms. The number of hydrogen-bond donors (Lipinski definition) is 3.